The molecule has 1 aromatic heterocycles. The van der Waals surface area contributed by atoms with Crippen molar-refractivity contribution >= 4 is 17.2 Å². The van der Waals surface area contributed by atoms with Gasteiger partial charge in [-0.25, -0.2) is 0 Å². The van der Waals surface area contributed by atoms with E-state index in [2.05, 4.69) is 81.2 Å². The smallest absolute Gasteiger partial charge is 0.239 e. The second-order valence-electron chi connectivity index (χ2n) is 9.65. The Bertz CT molecular complexity index is 1010. The average molecular weight is 459 g/mol. The zero-order chi connectivity index (χ0) is 22.5. The molecule has 3 heterocycles. The monoisotopic (exact) mass is 458 g/mol. The van der Waals surface area contributed by atoms with Crippen LogP contribution in [0, 0.1) is 5.92 Å². The summed E-state index contributed by atoms with van der Waals surface area (Å²) in [5.41, 5.74) is 5.28. The molecule has 3 nitrogen and oxygen atoms in total. The van der Waals surface area contributed by atoms with Crippen molar-refractivity contribution in [3.63, 3.8) is 0 Å². The van der Waals surface area contributed by atoms with Crippen molar-refractivity contribution in [2.45, 2.75) is 51.1 Å². The van der Waals surface area contributed by atoms with E-state index in [1.807, 2.05) is 0 Å². The number of thiophene rings is 1. The third-order valence-corrected chi connectivity index (χ3v) is 8.07. The summed E-state index contributed by atoms with van der Waals surface area (Å²) in [5.74, 6) is 1.06. The summed E-state index contributed by atoms with van der Waals surface area (Å²) in [7, 11) is 0. The van der Waals surface area contributed by atoms with Crippen molar-refractivity contribution in [1.82, 2.24) is 9.80 Å². The van der Waals surface area contributed by atoms with Gasteiger partial charge in [-0.3, -0.25) is 9.69 Å². The van der Waals surface area contributed by atoms with Gasteiger partial charge in [0.15, 0.2) is 0 Å². The Hall–Kier alpha value is -2.43. The highest BCUT2D eigenvalue weighted by atomic mass is 32.1. The maximum atomic E-state index is 13.5. The summed E-state index contributed by atoms with van der Waals surface area (Å²) in [5, 5.41) is 4.31. The Morgan fingerprint density at radius 2 is 1.61 bits per heavy atom. The summed E-state index contributed by atoms with van der Waals surface area (Å²) in [4.78, 5) is 18.1. The quantitative estimate of drug-likeness (QED) is 0.436. The number of nitrogens with zero attached hydrogens (tertiary/aromatic N) is 2. The minimum atomic E-state index is 0.0426. The van der Waals surface area contributed by atoms with Crippen molar-refractivity contribution in [1.29, 1.82) is 0 Å². The Labute approximate surface area is 202 Å². The summed E-state index contributed by atoms with van der Waals surface area (Å²) in [6, 6.07) is 21.9. The molecule has 0 saturated carbocycles. The minimum absolute atomic E-state index is 0.0426. The zero-order valence-electron chi connectivity index (χ0n) is 19.4. The topological polar surface area (TPSA) is 23.6 Å². The van der Waals surface area contributed by atoms with Gasteiger partial charge in [-0.15, -0.1) is 0 Å². The van der Waals surface area contributed by atoms with Crippen LogP contribution in [0.3, 0.4) is 0 Å². The predicted octanol–water partition coefficient (Wildman–Crippen LogP) is 6.25. The van der Waals surface area contributed by atoms with E-state index < -0.39 is 0 Å². The molecule has 0 spiro atoms. The van der Waals surface area contributed by atoms with Crippen LogP contribution in [0.25, 0.3) is 11.1 Å². The second-order valence-corrected chi connectivity index (χ2v) is 10.4. The number of rotatable bonds is 6. The molecule has 1 atom stereocenters. The number of piperidine rings is 2. The summed E-state index contributed by atoms with van der Waals surface area (Å²) >= 11 is 1.73. The summed E-state index contributed by atoms with van der Waals surface area (Å²) < 4.78 is 0. The van der Waals surface area contributed by atoms with E-state index in [1.54, 1.807) is 11.3 Å². The third kappa shape index (κ3) is 5.56. The number of benzene rings is 2. The molecule has 2 fully saturated rings. The summed E-state index contributed by atoms with van der Waals surface area (Å²) in [6.45, 7) is 3.71. The molecule has 1 unspecified atom stereocenters. The fourth-order valence-corrected chi connectivity index (χ4v) is 6.11. The molecular formula is C29H34N2OS. The number of carbonyl (C=O) groups is 1. The molecular weight excluding hydrogens is 424 g/mol. The number of amides is 1. The highest BCUT2D eigenvalue weighted by Gasteiger charge is 2.33. The van der Waals surface area contributed by atoms with Gasteiger partial charge in [0.05, 0.1) is 6.04 Å². The van der Waals surface area contributed by atoms with Crippen LogP contribution in [0.1, 0.15) is 43.2 Å². The lowest BCUT2D eigenvalue weighted by atomic mass is 9.89. The first-order valence-corrected chi connectivity index (χ1v) is 13.4. The molecule has 1 amide bonds. The van der Waals surface area contributed by atoms with Crippen molar-refractivity contribution in [3.05, 3.63) is 82.6 Å². The first-order chi connectivity index (χ1) is 16.3. The predicted molar refractivity (Wildman–Crippen MR) is 137 cm³/mol. The van der Waals surface area contributed by atoms with Crippen molar-refractivity contribution in [2.24, 2.45) is 5.92 Å². The standard InChI is InChI=1S/C29H34N2OS/c32-29(30-17-13-24(14-18-30)20-23-6-2-1-3-7-23)28-8-4-5-16-31(28)21-25-9-11-26(12-10-25)27-15-19-33-22-27/h1-3,6-7,9-12,15,19,22,24,28H,4-5,8,13-14,16-18,20-21H2. The normalized spacial score (nSPS) is 20.1. The van der Waals surface area contributed by atoms with E-state index in [-0.39, 0.29) is 6.04 Å². The lowest BCUT2D eigenvalue weighted by Gasteiger charge is -2.40. The number of hydrogen-bond donors (Lipinski definition) is 0. The van der Waals surface area contributed by atoms with E-state index in [0.717, 1.165) is 58.3 Å². The molecule has 0 N–H and O–H groups in total. The highest BCUT2D eigenvalue weighted by Crippen LogP contribution is 2.27. The molecule has 2 aliphatic heterocycles. The van der Waals surface area contributed by atoms with E-state index in [9.17, 15) is 4.79 Å². The van der Waals surface area contributed by atoms with Crippen molar-refractivity contribution in [3.8, 4) is 11.1 Å². The molecule has 2 aromatic carbocycles. The molecule has 172 valence electrons. The third-order valence-electron chi connectivity index (χ3n) is 7.39. The van der Waals surface area contributed by atoms with Crippen LogP contribution in [0.5, 0.6) is 0 Å². The van der Waals surface area contributed by atoms with Gasteiger partial charge in [0.1, 0.15) is 0 Å². The molecule has 0 bridgehead atoms. The van der Waals surface area contributed by atoms with Crippen LogP contribution in [0.4, 0.5) is 0 Å². The molecule has 33 heavy (non-hydrogen) atoms. The molecule has 0 aliphatic carbocycles. The fourth-order valence-electron chi connectivity index (χ4n) is 5.44. The summed E-state index contributed by atoms with van der Waals surface area (Å²) in [6.07, 6.45) is 6.73. The maximum Gasteiger partial charge on any atom is 0.239 e. The van der Waals surface area contributed by atoms with Gasteiger partial charge in [0.25, 0.3) is 0 Å². The highest BCUT2D eigenvalue weighted by molar-refractivity contribution is 7.08. The number of carbonyl (C=O) groups excluding carboxylic acids is 1. The Balaban J connectivity index is 1.18. The van der Waals surface area contributed by atoms with Gasteiger partial charge >= 0.3 is 0 Å². The maximum absolute atomic E-state index is 13.5. The van der Waals surface area contributed by atoms with E-state index in [0.29, 0.717) is 11.8 Å². The van der Waals surface area contributed by atoms with Gasteiger partial charge in [-0.1, -0.05) is 61.0 Å². The van der Waals surface area contributed by atoms with Crippen LogP contribution in [-0.2, 0) is 17.8 Å². The number of likely N-dealkylation sites (tertiary alicyclic amines) is 2. The molecule has 0 radical (unpaired) electrons. The van der Waals surface area contributed by atoms with E-state index in [4.69, 9.17) is 0 Å². The van der Waals surface area contributed by atoms with Crippen LogP contribution in [0.2, 0.25) is 0 Å². The van der Waals surface area contributed by atoms with Crippen LogP contribution < -0.4 is 0 Å². The van der Waals surface area contributed by atoms with Gasteiger partial charge in [0.2, 0.25) is 5.91 Å². The van der Waals surface area contributed by atoms with Crippen molar-refractivity contribution in [2.75, 3.05) is 19.6 Å². The SMILES string of the molecule is O=C(C1CCCCN1Cc1ccc(-c2ccsc2)cc1)N1CCC(Cc2ccccc2)CC1. The first kappa shape index (κ1) is 22.4. The van der Waals surface area contributed by atoms with Crippen LogP contribution >= 0.6 is 11.3 Å². The lowest BCUT2D eigenvalue weighted by molar-refractivity contribution is -0.140. The average Bonchev–Trinajstić information content (AvgIpc) is 3.41. The van der Waals surface area contributed by atoms with Gasteiger partial charge in [-0.05, 0) is 83.6 Å². The largest absolute Gasteiger partial charge is 0.341 e. The molecule has 3 aromatic rings. The number of hydrogen-bond acceptors (Lipinski definition) is 3. The van der Waals surface area contributed by atoms with Crippen molar-refractivity contribution < 1.29 is 4.79 Å². The fraction of sp³-hybridized carbons (Fsp3) is 0.414. The van der Waals surface area contributed by atoms with E-state index >= 15 is 0 Å². The van der Waals surface area contributed by atoms with Gasteiger partial charge < -0.3 is 4.90 Å². The Morgan fingerprint density at radius 3 is 2.33 bits per heavy atom. The van der Waals surface area contributed by atoms with Gasteiger partial charge in [0, 0.05) is 19.6 Å². The zero-order valence-corrected chi connectivity index (χ0v) is 20.2. The minimum Gasteiger partial charge on any atom is -0.341 e. The first-order valence-electron chi connectivity index (χ1n) is 12.4. The lowest BCUT2D eigenvalue weighted by Crippen LogP contribution is -2.52. The van der Waals surface area contributed by atoms with E-state index in [1.165, 1.54) is 28.7 Å². The molecule has 2 aliphatic rings. The van der Waals surface area contributed by atoms with Crippen LogP contribution in [-0.4, -0.2) is 41.4 Å². The molecule has 2 saturated heterocycles. The Morgan fingerprint density at radius 1 is 0.818 bits per heavy atom. The van der Waals surface area contributed by atoms with Crippen LogP contribution in [0.15, 0.2) is 71.4 Å². The Kier molecular flexibility index (Phi) is 7.23. The molecule has 5 rings (SSSR count). The molecule has 4 heteroatoms. The van der Waals surface area contributed by atoms with Gasteiger partial charge in [-0.2, -0.15) is 11.3 Å². The second kappa shape index (κ2) is 10.7.